The zero-order chi connectivity index (χ0) is 21.1. The summed E-state index contributed by atoms with van der Waals surface area (Å²) in [5, 5.41) is -0.136. The monoisotopic (exact) mass is 426 g/mol. The molecule has 1 aliphatic rings. The molecule has 3 aromatic rings. The second kappa shape index (κ2) is 8.74. The number of hydrogen-bond donors (Lipinski definition) is 1. The molecule has 4 nitrogen and oxygen atoms in total. The number of nitrogens with one attached hydrogen (secondary N) is 1. The van der Waals surface area contributed by atoms with Crippen LogP contribution in [0.5, 0.6) is 0 Å². The molecule has 2 heterocycles. The van der Waals surface area contributed by atoms with Gasteiger partial charge in [0.25, 0.3) is 0 Å². The third kappa shape index (κ3) is 4.20. The highest BCUT2D eigenvalue weighted by Gasteiger charge is 2.36. The van der Waals surface area contributed by atoms with E-state index in [0.717, 1.165) is 48.1 Å². The molecule has 0 radical (unpaired) electrons. The van der Waals surface area contributed by atoms with E-state index in [4.69, 9.17) is 0 Å². The van der Waals surface area contributed by atoms with Gasteiger partial charge in [0.1, 0.15) is 11.1 Å². The number of sulfone groups is 1. The molecule has 4 rings (SSSR count). The largest absolute Gasteiger partial charge is 0.361 e. The summed E-state index contributed by atoms with van der Waals surface area (Å²) in [5.74, 6) is -0.225. The summed E-state index contributed by atoms with van der Waals surface area (Å²) in [6, 6.07) is 14.3. The standard InChI is InChI=1S/C24H27FN2O2S/c1-2-24(22-17-26-23-6-4-3-5-21(22)23)30(28,29)20-12-15-27(16-13-20)14-11-18-7-9-19(25)10-8-18/h2-10,17,20,24,26H,1,11-16H2. The number of likely N-dealkylation sites (tertiary alicyclic amines) is 1. The average molecular weight is 427 g/mol. The van der Waals surface area contributed by atoms with Gasteiger partial charge in [-0.2, -0.15) is 0 Å². The molecule has 1 saturated heterocycles. The summed E-state index contributed by atoms with van der Waals surface area (Å²) in [6.07, 6.45) is 5.44. The van der Waals surface area contributed by atoms with Crippen molar-refractivity contribution in [3.05, 3.63) is 84.3 Å². The van der Waals surface area contributed by atoms with Gasteiger partial charge in [0, 0.05) is 23.6 Å². The van der Waals surface area contributed by atoms with Gasteiger partial charge in [-0.15, -0.1) is 6.58 Å². The van der Waals surface area contributed by atoms with E-state index in [9.17, 15) is 12.8 Å². The van der Waals surface area contributed by atoms with E-state index >= 15 is 0 Å². The van der Waals surface area contributed by atoms with E-state index in [0.29, 0.717) is 12.8 Å². The number of H-pyrrole nitrogens is 1. The maximum absolute atomic E-state index is 13.4. The van der Waals surface area contributed by atoms with E-state index in [-0.39, 0.29) is 11.1 Å². The maximum Gasteiger partial charge on any atom is 0.163 e. The normalized spacial score (nSPS) is 17.2. The van der Waals surface area contributed by atoms with Crippen LogP contribution in [-0.4, -0.2) is 43.2 Å². The number of para-hydroxylation sites is 1. The van der Waals surface area contributed by atoms with E-state index in [2.05, 4.69) is 16.5 Å². The number of nitrogens with zero attached hydrogens (tertiary/aromatic N) is 1. The highest BCUT2D eigenvalue weighted by molar-refractivity contribution is 7.92. The van der Waals surface area contributed by atoms with Crippen LogP contribution >= 0.6 is 0 Å². The summed E-state index contributed by atoms with van der Waals surface area (Å²) in [6.45, 7) is 6.20. The van der Waals surface area contributed by atoms with Crippen molar-refractivity contribution in [3.8, 4) is 0 Å². The van der Waals surface area contributed by atoms with Gasteiger partial charge < -0.3 is 9.88 Å². The molecule has 0 spiro atoms. The Hall–Kier alpha value is -2.44. The predicted molar refractivity (Wildman–Crippen MR) is 120 cm³/mol. The average Bonchev–Trinajstić information content (AvgIpc) is 3.18. The van der Waals surface area contributed by atoms with Crippen molar-refractivity contribution >= 4 is 20.7 Å². The number of rotatable bonds is 7. The Morgan fingerprint density at radius 2 is 1.83 bits per heavy atom. The van der Waals surface area contributed by atoms with Crippen molar-refractivity contribution in [3.63, 3.8) is 0 Å². The maximum atomic E-state index is 13.4. The Bertz CT molecular complexity index is 1110. The first-order valence-corrected chi connectivity index (χ1v) is 12.0. The lowest BCUT2D eigenvalue weighted by molar-refractivity contribution is 0.232. The number of aromatic nitrogens is 1. The number of aromatic amines is 1. The third-order valence-corrected chi connectivity index (χ3v) is 8.68. The molecule has 1 aliphatic heterocycles. The molecule has 30 heavy (non-hydrogen) atoms. The zero-order valence-corrected chi connectivity index (χ0v) is 17.7. The van der Waals surface area contributed by atoms with Crippen LogP contribution < -0.4 is 0 Å². The van der Waals surface area contributed by atoms with Crippen molar-refractivity contribution in [2.24, 2.45) is 0 Å². The molecule has 1 aromatic heterocycles. The first-order chi connectivity index (χ1) is 14.5. The molecule has 0 bridgehead atoms. The summed E-state index contributed by atoms with van der Waals surface area (Å²) in [5.41, 5.74) is 2.81. The molecule has 6 heteroatoms. The quantitative estimate of drug-likeness (QED) is 0.559. The van der Waals surface area contributed by atoms with Crippen LogP contribution in [0, 0.1) is 5.82 Å². The first kappa shape index (κ1) is 20.8. The first-order valence-electron chi connectivity index (χ1n) is 10.4. The van der Waals surface area contributed by atoms with Crippen molar-refractivity contribution < 1.29 is 12.8 Å². The number of benzene rings is 2. The fourth-order valence-electron chi connectivity index (χ4n) is 4.37. The molecule has 158 valence electrons. The van der Waals surface area contributed by atoms with Gasteiger partial charge in [-0.05, 0) is 61.7 Å². The Morgan fingerprint density at radius 1 is 1.13 bits per heavy atom. The van der Waals surface area contributed by atoms with E-state index < -0.39 is 15.1 Å². The topological polar surface area (TPSA) is 53.2 Å². The summed E-state index contributed by atoms with van der Waals surface area (Å²) in [4.78, 5) is 5.47. The fraction of sp³-hybridized carbons (Fsp3) is 0.333. The molecular weight excluding hydrogens is 399 g/mol. The SMILES string of the molecule is C=CC(c1c[nH]c2ccccc12)S(=O)(=O)C1CCN(CCc2ccc(F)cc2)CC1. The van der Waals surface area contributed by atoms with Crippen LogP contribution in [0.3, 0.4) is 0 Å². The number of hydrogen-bond acceptors (Lipinski definition) is 3. The van der Waals surface area contributed by atoms with E-state index in [1.54, 1.807) is 12.3 Å². The molecule has 1 fully saturated rings. The lowest BCUT2D eigenvalue weighted by Gasteiger charge is -2.33. The van der Waals surface area contributed by atoms with Gasteiger partial charge in [-0.1, -0.05) is 36.4 Å². The van der Waals surface area contributed by atoms with Crippen molar-refractivity contribution in [1.29, 1.82) is 0 Å². The van der Waals surface area contributed by atoms with Gasteiger partial charge in [-0.25, -0.2) is 12.8 Å². The molecule has 0 saturated carbocycles. The number of piperidine rings is 1. The lowest BCUT2D eigenvalue weighted by atomic mass is 10.1. The fourth-order valence-corrected chi connectivity index (χ4v) is 6.47. The van der Waals surface area contributed by atoms with Crippen LogP contribution in [0.4, 0.5) is 4.39 Å². The Kier molecular flexibility index (Phi) is 6.06. The van der Waals surface area contributed by atoms with Crippen LogP contribution in [0.15, 0.2) is 67.4 Å². The molecule has 1 atom stereocenters. The summed E-state index contributed by atoms with van der Waals surface area (Å²) >= 11 is 0. The predicted octanol–water partition coefficient (Wildman–Crippen LogP) is 4.66. The number of fused-ring (bicyclic) bond motifs is 1. The minimum Gasteiger partial charge on any atom is -0.361 e. The molecule has 1 N–H and O–H groups in total. The van der Waals surface area contributed by atoms with Crippen LogP contribution in [0.2, 0.25) is 0 Å². The molecular formula is C24H27FN2O2S. The van der Waals surface area contributed by atoms with Crippen molar-refractivity contribution in [2.45, 2.75) is 29.8 Å². The highest BCUT2D eigenvalue weighted by atomic mass is 32.2. The Morgan fingerprint density at radius 3 is 2.53 bits per heavy atom. The van der Waals surface area contributed by atoms with Crippen molar-refractivity contribution in [1.82, 2.24) is 9.88 Å². The summed E-state index contributed by atoms with van der Waals surface area (Å²) in [7, 11) is -3.39. The van der Waals surface area contributed by atoms with Gasteiger partial charge in [0.15, 0.2) is 9.84 Å². The minimum absolute atomic E-state index is 0.225. The van der Waals surface area contributed by atoms with Crippen molar-refractivity contribution in [2.75, 3.05) is 19.6 Å². The van der Waals surface area contributed by atoms with E-state index in [1.165, 1.54) is 12.1 Å². The zero-order valence-electron chi connectivity index (χ0n) is 16.9. The van der Waals surface area contributed by atoms with Crippen LogP contribution in [-0.2, 0) is 16.3 Å². The van der Waals surface area contributed by atoms with Gasteiger partial charge in [0.05, 0.1) is 5.25 Å². The van der Waals surface area contributed by atoms with Gasteiger partial charge >= 0.3 is 0 Å². The minimum atomic E-state index is -3.39. The Balaban J connectivity index is 1.41. The third-order valence-electron chi connectivity index (χ3n) is 6.12. The number of halogens is 1. The lowest BCUT2D eigenvalue weighted by Crippen LogP contribution is -2.41. The van der Waals surface area contributed by atoms with E-state index in [1.807, 2.05) is 36.4 Å². The highest BCUT2D eigenvalue weighted by Crippen LogP contribution is 2.35. The van der Waals surface area contributed by atoms with Gasteiger partial charge in [-0.3, -0.25) is 0 Å². The van der Waals surface area contributed by atoms with Crippen LogP contribution in [0.25, 0.3) is 10.9 Å². The Labute approximate surface area is 177 Å². The molecule has 1 unspecified atom stereocenters. The second-order valence-corrected chi connectivity index (χ2v) is 10.3. The second-order valence-electron chi connectivity index (χ2n) is 7.95. The molecule has 0 amide bonds. The molecule has 0 aliphatic carbocycles. The molecule has 2 aromatic carbocycles. The summed E-state index contributed by atoms with van der Waals surface area (Å²) < 4.78 is 39.9. The van der Waals surface area contributed by atoms with Crippen LogP contribution in [0.1, 0.15) is 29.2 Å². The smallest absolute Gasteiger partial charge is 0.163 e. The van der Waals surface area contributed by atoms with Gasteiger partial charge in [0.2, 0.25) is 0 Å².